The summed E-state index contributed by atoms with van der Waals surface area (Å²) >= 11 is 0. The van der Waals surface area contributed by atoms with Gasteiger partial charge in [0.15, 0.2) is 0 Å². The molecule has 0 bridgehead atoms. The van der Waals surface area contributed by atoms with Crippen LogP contribution in [0.5, 0.6) is 5.75 Å². The van der Waals surface area contributed by atoms with E-state index in [1.165, 1.54) is 12.1 Å². The minimum Gasteiger partial charge on any atom is -0.497 e. The Morgan fingerprint density at radius 3 is 2.62 bits per heavy atom. The number of sulfonamides is 1. The molecule has 1 heterocycles. The molecule has 9 heteroatoms. The second kappa shape index (κ2) is 7.76. The van der Waals surface area contributed by atoms with Gasteiger partial charge in [-0.05, 0) is 49.2 Å². The lowest BCUT2D eigenvalue weighted by molar-refractivity contribution is -0.119. The number of furan rings is 1. The summed E-state index contributed by atoms with van der Waals surface area (Å²) in [7, 11) is -1.91. The van der Waals surface area contributed by atoms with Crippen LogP contribution >= 0.6 is 0 Å². The Hall–Kier alpha value is -3.04. The topological polar surface area (TPSA) is 110 Å². The number of anilines is 1. The van der Waals surface area contributed by atoms with Gasteiger partial charge in [0.05, 0.1) is 30.4 Å². The first-order valence-electron chi connectivity index (χ1n) is 9.16. The molecule has 0 aliphatic heterocycles. The third kappa shape index (κ3) is 4.52. The molecule has 152 valence electrons. The van der Waals surface area contributed by atoms with Crippen molar-refractivity contribution in [2.45, 2.75) is 30.2 Å². The van der Waals surface area contributed by atoms with Crippen molar-refractivity contribution < 1.29 is 22.4 Å². The van der Waals surface area contributed by atoms with E-state index in [-0.39, 0.29) is 23.3 Å². The molecule has 0 radical (unpaired) electrons. The highest BCUT2D eigenvalue weighted by Crippen LogP contribution is 2.26. The number of hydrazine groups is 1. The summed E-state index contributed by atoms with van der Waals surface area (Å²) in [5, 5.41) is 0.846. The summed E-state index contributed by atoms with van der Waals surface area (Å²) in [6.07, 6.45) is 3.44. The Labute approximate surface area is 168 Å². The maximum Gasteiger partial charge on any atom is 0.242 e. The number of hydrogen-bond donors (Lipinski definition) is 3. The number of carbonyl (C=O) groups excluding carboxylic acids is 1. The van der Waals surface area contributed by atoms with Crippen LogP contribution in [0.1, 0.15) is 18.4 Å². The Kier molecular flexibility index (Phi) is 5.16. The van der Waals surface area contributed by atoms with E-state index in [1.807, 2.05) is 12.1 Å². The van der Waals surface area contributed by atoms with E-state index < -0.39 is 10.0 Å². The quantitative estimate of drug-likeness (QED) is 0.488. The summed E-state index contributed by atoms with van der Waals surface area (Å²) in [4.78, 5) is 12.5. The van der Waals surface area contributed by atoms with Crippen molar-refractivity contribution in [3.63, 3.8) is 0 Å². The second-order valence-corrected chi connectivity index (χ2v) is 8.61. The van der Waals surface area contributed by atoms with Crippen LogP contribution in [0.4, 0.5) is 5.69 Å². The standard InChI is InChI=1S/C20H21N3O5S/c1-27-16-6-9-18-13(12-28-19(18)11-16)10-20(24)22-21-14-4-7-17(8-5-14)29(25,26)23-15-2-3-15/h4-9,11-12,15,21,23H,2-3,10H2,1H3,(H,22,24). The Bertz CT molecular complexity index is 1130. The predicted molar refractivity (Wildman–Crippen MR) is 108 cm³/mol. The molecule has 1 fully saturated rings. The van der Waals surface area contributed by atoms with Crippen LogP contribution in [-0.2, 0) is 21.2 Å². The Morgan fingerprint density at radius 2 is 1.93 bits per heavy atom. The van der Waals surface area contributed by atoms with E-state index in [9.17, 15) is 13.2 Å². The molecule has 3 N–H and O–H groups in total. The van der Waals surface area contributed by atoms with Gasteiger partial charge in [-0.15, -0.1) is 0 Å². The van der Waals surface area contributed by atoms with E-state index >= 15 is 0 Å². The minimum absolute atomic E-state index is 0.0529. The van der Waals surface area contributed by atoms with Crippen LogP contribution in [0, 0.1) is 0 Å². The fraction of sp³-hybridized carbons (Fsp3) is 0.250. The van der Waals surface area contributed by atoms with Crippen LogP contribution in [0.15, 0.2) is 58.0 Å². The molecule has 1 aliphatic rings. The van der Waals surface area contributed by atoms with Gasteiger partial charge in [0, 0.05) is 23.1 Å². The lowest BCUT2D eigenvalue weighted by Gasteiger charge is -2.10. The molecule has 0 atom stereocenters. The van der Waals surface area contributed by atoms with Crippen LogP contribution in [0.2, 0.25) is 0 Å². The van der Waals surface area contributed by atoms with Crippen molar-refractivity contribution in [1.82, 2.24) is 10.1 Å². The maximum absolute atomic E-state index is 12.3. The van der Waals surface area contributed by atoms with Crippen molar-refractivity contribution in [1.29, 1.82) is 0 Å². The van der Waals surface area contributed by atoms with Gasteiger partial charge in [-0.25, -0.2) is 13.1 Å². The number of nitrogens with one attached hydrogen (secondary N) is 3. The van der Waals surface area contributed by atoms with E-state index in [2.05, 4.69) is 15.6 Å². The highest BCUT2D eigenvalue weighted by atomic mass is 32.2. The lowest BCUT2D eigenvalue weighted by Crippen LogP contribution is -2.30. The molecule has 1 amide bonds. The molecule has 8 nitrogen and oxygen atoms in total. The molecule has 1 saturated carbocycles. The molecular weight excluding hydrogens is 394 g/mol. The summed E-state index contributed by atoms with van der Waals surface area (Å²) in [5.74, 6) is 0.429. The normalized spacial score (nSPS) is 14.0. The molecule has 0 saturated heterocycles. The summed E-state index contributed by atoms with van der Waals surface area (Å²) in [5.41, 5.74) is 7.38. The Balaban J connectivity index is 1.35. The third-order valence-corrected chi connectivity index (χ3v) is 6.16. The largest absolute Gasteiger partial charge is 0.497 e. The van der Waals surface area contributed by atoms with Gasteiger partial charge in [0.2, 0.25) is 15.9 Å². The van der Waals surface area contributed by atoms with Crippen molar-refractivity contribution >= 4 is 32.6 Å². The number of methoxy groups -OCH3 is 1. The molecule has 0 spiro atoms. The number of rotatable bonds is 8. The van der Waals surface area contributed by atoms with Gasteiger partial charge in [0.1, 0.15) is 11.3 Å². The van der Waals surface area contributed by atoms with Gasteiger partial charge >= 0.3 is 0 Å². The zero-order valence-electron chi connectivity index (χ0n) is 15.8. The number of carbonyl (C=O) groups is 1. The van der Waals surface area contributed by atoms with Crippen LogP contribution in [0.25, 0.3) is 11.0 Å². The van der Waals surface area contributed by atoms with Gasteiger partial charge in [0.25, 0.3) is 0 Å². The molecular formula is C20H21N3O5S. The van der Waals surface area contributed by atoms with Crippen molar-refractivity contribution in [2.24, 2.45) is 0 Å². The molecule has 4 rings (SSSR count). The first kappa shape index (κ1) is 19.3. The summed E-state index contributed by atoms with van der Waals surface area (Å²) < 4.78 is 37.6. The first-order valence-corrected chi connectivity index (χ1v) is 10.6. The van der Waals surface area contributed by atoms with Crippen molar-refractivity contribution in [3.8, 4) is 5.75 Å². The van der Waals surface area contributed by atoms with Crippen LogP contribution in [-0.4, -0.2) is 27.5 Å². The smallest absolute Gasteiger partial charge is 0.242 e. The van der Waals surface area contributed by atoms with E-state index in [1.54, 1.807) is 31.6 Å². The number of hydrogen-bond acceptors (Lipinski definition) is 6. The molecule has 2 aromatic carbocycles. The molecule has 3 aromatic rings. The average Bonchev–Trinajstić information content (AvgIpc) is 3.44. The number of benzene rings is 2. The molecule has 1 aromatic heterocycles. The highest BCUT2D eigenvalue weighted by Gasteiger charge is 2.27. The second-order valence-electron chi connectivity index (χ2n) is 6.89. The molecule has 1 aliphatic carbocycles. The maximum atomic E-state index is 12.3. The Morgan fingerprint density at radius 1 is 1.17 bits per heavy atom. The highest BCUT2D eigenvalue weighted by molar-refractivity contribution is 7.89. The van der Waals surface area contributed by atoms with Crippen molar-refractivity contribution in [2.75, 3.05) is 12.5 Å². The zero-order valence-corrected chi connectivity index (χ0v) is 16.6. The van der Waals surface area contributed by atoms with E-state index in [4.69, 9.17) is 9.15 Å². The van der Waals surface area contributed by atoms with E-state index in [0.29, 0.717) is 17.0 Å². The average molecular weight is 415 g/mol. The predicted octanol–water partition coefficient (Wildman–Crippen LogP) is 2.57. The number of amides is 1. The molecule has 29 heavy (non-hydrogen) atoms. The summed E-state index contributed by atoms with van der Waals surface area (Å²) in [6, 6.07) is 11.7. The number of ether oxygens (including phenoxy) is 1. The number of fused-ring (bicyclic) bond motifs is 1. The van der Waals surface area contributed by atoms with Gasteiger partial charge in [-0.2, -0.15) is 0 Å². The van der Waals surface area contributed by atoms with Crippen LogP contribution < -0.4 is 20.3 Å². The zero-order chi connectivity index (χ0) is 20.4. The van der Waals surface area contributed by atoms with Gasteiger partial charge in [-0.1, -0.05) is 0 Å². The van der Waals surface area contributed by atoms with Crippen molar-refractivity contribution in [3.05, 3.63) is 54.3 Å². The summed E-state index contributed by atoms with van der Waals surface area (Å²) in [6.45, 7) is 0. The van der Waals surface area contributed by atoms with E-state index in [0.717, 1.165) is 23.8 Å². The first-order chi connectivity index (χ1) is 13.9. The van der Waals surface area contributed by atoms with Gasteiger partial charge < -0.3 is 9.15 Å². The fourth-order valence-electron chi connectivity index (χ4n) is 2.89. The van der Waals surface area contributed by atoms with Crippen LogP contribution in [0.3, 0.4) is 0 Å². The minimum atomic E-state index is -3.49. The SMILES string of the molecule is COc1ccc2c(CC(=O)NNc3ccc(S(=O)(=O)NC4CC4)cc3)coc2c1. The fourth-order valence-corrected chi connectivity index (χ4v) is 4.20. The molecule has 0 unspecified atom stereocenters. The van der Waals surface area contributed by atoms with Gasteiger partial charge in [-0.3, -0.25) is 15.6 Å². The third-order valence-electron chi connectivity index (χ3n) is 4.62. The lowest BCUT2D eigenvalue weighted by atomic mass is 10.1. The monoisotopic (exact) mass is 415 g/mol.